The third-order valence-corrected chi connectivity index (χ3v) is 5.06. The minimum Gasteiger partial charge on any atom is -0.346 e. The molecule has 7 heteroatoms. The molecule has 2 aromatic carbocycles. The molecule has 122 valence electrons. The van der Waals surface area contributed by atoms with Crippen LogP contribution in [0, 0.1) is 0 Å². The summed E-state index contributed by atoms with van der Waals surface area (Å²) in [6, 6.07) is 12.8. The number of carbonyl (C=O) groups is 1. The Bertz CT molecular complexity index is 804. The first-order valence-electron chi connectivity index (χ1n) is 6.93. The molecule has 0 aromatic heterocycles. The van der Waals surface area contributed by atoms with Gasteiger partial charge < -0.3 is 5.32 Å². The van der Waals surface area contributed by atoms with Crippen molar-refractivity contribution in [3.05, 3.63) is 64.7 Å². The maximum Gasteiger partial charge on any atom is 0.251 e. The number of amides is 1. The van der Waals surface area contributed by atoms with Gasteiger partial charge in [-0.3, -0.25) is 4.79 Å². The zero-order valence-corrected chi connectivity index (χ0v) is 14.3. The molecule has 0 aliphatic heterocycles. The van der Waals surface area contributed by atoms with Crippen LogP contribution in [0.15, 0.2) is 53.4 Å². The van der Waals surface area contributed by atoms with E-state index in [2.05, 4.69) is 10.0 Å². The summed E-state index contributed by atoms with van der Waals surface area (Å²) in [7, 11) is -2.17. The standard InChI is InChI=1S/C16H17ClN2O3S/c1-11(13-4-3-5-14(17)10-13)19-16(20)12-6-8-15(9-7-12)23(21,22)18-2/h3-11,18H,1-2H3,(H,19,20). The van der Waals surface area contributed by atoms with E-state index in [9.17, 15) is 13.2 Å². The highest BCUT2D eigenvalue weighted by atomic mass is 35.5. The Kier molecular flexibility index (Phi) is 5.41. The number of rotatable bonds is 5. The van der Waals surface area contributed by atoms with Crippen molar-refractivity contribution in [1.29, 1.82) is 0 Å². The molecule has 0 aliphatic rings. The van der Waals surface area contributed by atoms with E-state index in [1.807, 2.05) is 19.1 Å². The van der Waals surface area contributed by atoms with E-state index in [-0.39, 0.29) is 16.8 Å². The molecule has 0 saturated heterocycles. The number of hydrogen-bond acceptors (Lipinski definition) is 3. The number of sulfonamides is 1. The van der Waals surface area contributed by atoms with Crippen molar-refractivity contribution >= 4 is 27.5 Å². The molecule has 0 aliphatic carbocycles. The predicted octanol–water partition coefficient (Wildman–Crippen LogP) is 2.74. The van der Waals surface area contributed by atoms with Crippen LogP contribution in [0.3, 0.4) is 0 Å². The lowest BCUT2D eigenvalue weighted by molar-refractivity contribution is 0.0940. The minimum atomic E-state index is -3.51. The van der Waals surface area contributed by atoms with Crippen LogP contribution >= 0.6 is 11.6 Å². The minimum absolute atomic E-state index is 0.111. The Balaban J connectivity index is 2.12. The van der Waals surface area contributed by atoms with Crippen LogP contribution in [0.4, 0.5) is 0 Å². The summed E-state index contributed by atoms with van der Waals surface area (Å²) in [6.07, 6.45) is 0. The molecule has 1 amide bonds. The average Bonchev–Trinajstić information content (AvgIpc) is 2.55. The van der Waals surface area contributed by atoms with Crippen molar-refractivity contribution in [3.8, 4) is 0 Å². The topological polar surface area (TPSA) is 75.3 Å². The maximum absolute atomic E-state index is 12.2. The van der Waals surface area contributed by atoms with Gasteiger partial charge in [0, 0.05) is 10.6 Å². The Morgan fingerprint density at radius 1 is 1.13 bits per heavy atom. The van der Waals surface area contributed by atoms with Gasteiger partial charge in [-0.1, -0.05) is 23.7 Å². The van der Waals surface area contributed by atoms with Crippen LogP contribution in [-0.2, 0) is 10.0 Å². The summed E-state index contributed by atoms with van der Waals surface area (Å²) in [5.74, 6) is -0.286. The van der Waals surface area contributed by atoms with E-state index >= 15 is 0 Å². The van der Waals surface area contributed by atoms with Crippen molar-refractivity contribution < 1.29 is 13.2 Å². The number of halogens is 1. The second-order valence-corrected chi connectivity index (χ2v) is 7.31. The van der Waals surface area contributed by atoms with E-state index in [1.54, 1.807) is 12.1 Å². The molecule has 2 aromatic rings. The molecule has 1 atom stereocenters. The van der Waals surface area contributed by atoms with Gasteiger partial charge in [0.05, 0.1) is 10.9 Å². The highest BCUT2D eigenvalue weighted by molar-refractivity contribution is 7.89. The molecule has 1 unspecified atom stereocenters. The van der Waals surface area contributed by atoms with Crippen molar-refractivity contribution in [1.82, 2.24) is 10.0 Å². The molecule has 5 nitrogen and oxygen atoms in total. The molecule has 0 spiro atoms. The first-order chi connectivity index (χ1) is 10.8. The lowest BCUT2D eigenvalue weighted by atomic mass is 10.1. The Labute approximate surface area is 140 Å². The first-order valence-corrected chi connectivity index (χ1v) is 8.79. The van der Waals surface area contributed by atoms with Crippen LogP contribution in [0.2, 0.25) is 5.02 Å². The molecule has 0 radical (unpaired) electrons. The third kappa shape index (κ3) is 4.31. The van der Waals surface area contributed by atoms with Crippen molar-refractivity contribution in [2.45, 2.75) is 17.9 Å². The average molecular weight is 353 g/mol. The van der Waals surface area contributed by atoms with E-state index in [0.717, 1.165) is 5.56 Å². The predicted molar refractivity (Wildman–Crippen MR) is 90.0 cm³/mol. The Morgan fingerprint density at radius 2 is 1.78 bits per heavy atom. The van der Waals surface area contributed by atoms with E-state index in [1.165, 1.54) is 31.3 Å². The van der Waals surface area contributed by atoms with Gasteiger partial charge in [-0.05, 0) is 55.9 Å². The quantitative estimate of drug-likeness (QED) is 0.868. The van der Waals surface area contributed by atoms with E-state index in [4.69, 9.17) is 11.6 Å². The summed E-state index contributed by atoms with van der Waals surface area (Å²) in [5.41, 5.74) is 1.27. The second kappa shape index (κ2) is 7.12. The number of nitrogens with one attached hydrogen (secondary N) is 2. The molecule has 2 N–H and O–H groups in total. The lowest BCUT2D eigenvalue weighted by Gasteiger charge is -2.15. The van der Waals surface area contributed by atoms with Crippen molar-refractivity contribution in [3.63, 3.8) is 0 Å². The van der Waals surface area contributed by atoms with Crippen LogP contribution in [-0.4, -0.2) is 21.4 Å². The van der Waals surface area contributed by atoms with E-state index < -0.39 is 10.0 Å². The van der Waals surface area contributed by atoms with Crippen LogP contribution in [0.5, 0.6) is 0 Å². The number of carbonyl (C=O) groups excluding carboxylic acids is 1. The van der Waals surface area contributed by atoms with Gasteiger partial charge in [-0.2, -0.15) is 0 Å². The highest BCUT2D eigenvalue weighted by Crippen LogP contribution is 2.18. The summed E-state index contributed by atoms with van der Waals surface area (Å²) in [5, 5.41) is 3.45. The molecule has 0 fully saturated rings. The Hall–Kier alpha value is -1.89. The first kappa shape index (κ1) is 17.5. The normalized spacial score (nSPS) is 12.7. The van der Waals surface area contributed by atoms with Crippen molar-refractivity contribution in [2.75, 3.05) is 7.05 Å². The maximum atomic E-state index is 12.2. The Morgan fingerprint density at radius 3 is 2.35 bits per heavy atom. The van der Waals surface area contributed by atoms with Gasteiger partial charge in [0.15, 0.2) is 0 Å². The summed E-state index contributed by atoms with van der Waals surface area (Å²) in [4.78, 5) is 12.3. The summed E-state index contributed by atoms with van der Waals surface area (Å²) < 4.78 is 25.5. The highest BCUT2D eigenvalue weighted by Gasteiger charge is 2.14. The molecular formula is C16H17ClN2O3S. The summed E-state index contributed by atoms with van der Waals surface area (Å²) >= 11 is 5.94. The molecular weight excluding hydrogens is 336 g/mol. The largest absolute Gasteiger partial charge is 0.346 e. The lowest BCUT2D eigenvalue weighted by Crippen LogP contribution is -2.26. The fourth-order valence-electron chi connectivity index (χ4n) is 2.04. The van der Waals surface area contributed by atoms with Gasteiger partial charge in [-0.25, -0.2) is 13.1 Å². The molecule has 23 heavy (non-hydrogen) atoms. The van der Waals surface area contributed by atoms with Crippen LogP contribution in [0.1, 0.15) is 28.9 Å². The van der Waals surface area contributed by atoms with Gasteiger partial charge in [0.2, 0.25) is 10.0 Å². The van der Waals surface area contributed by atoms with Crippen LogP contribution in [0.25, 0.3) is 0 Å². The number of hydrogen-bond donors (Lipinski definition) is 2. The monoisotopic (exact) mass is 352 g/mol. The fraction of sp³-hybridized carbons (Fsp3) is 0.188. The fourth-order valence-corrected chi connectivity index (χ4v) is 2.97. The van der Waals surface area contributed by atoms with Gasteiger partial charge in [0.25, 0.3) is 5.91 Å². The van der Waals surface area contributed by atoms with Crippen LogP contribution < -0.4 is 10.0 Å². The zero-order chi connectivity index (χ0) is 17.0. The molecule has 0 saturated carbocycles. The molecule has 2 rings (SSSR count). The third-order valence-electron chi connectivity index (χ3n) is 3.39. The van der Waals surface area contributed by atoms with E-state index in [0.29, 0.717) is 10.6 Å². The molecule has 0 bridgehead atoms. The second-order valence-electron chi connectivity index (χ2n) is 4.98. The summed E-state index contributed by atoms with van der Waals surface area (Å²) in [6.45, 7) is 1.85. The van der Waals surface area contributed by atoms with Crippen molar-refractivity contribution in [2.24, 2.45) is 0 Å². The molecule has 0 heterocycles. The zero-order valence-electron chi connectivity index (χ0n) is 12.7. The SMILES string of the molecule is CNS(=O)(=O)c1ccc(C(=O)NC(C)c2cccc(Cl)c2)cc1. The van der Waals surface area contributed by atoms with Gasteiger partial charge in [-0.15, -0.1) is 0 Å². The number of benzene rings is 2. The van der Waals surface area contributed by atoms with Gasteiger partial charge in [0.1, 0.15) is 0 Å². The van der Waals surface area contributed by atoms with Gasteiger partial charge >= 0.3 is 0 Å². The smallest absolute Gasteiger partial charge is 0.251 e.